The van der Waals surface area contributed by atoms with Gasteiger partial charge < -0.3 is 25.1 Å². The van der Waals surface area contributed by atoms with Gasteiger partial charge in [0.2, 0.25) is 11.9 Å². The number of nitrogens with one attached hydrogen (secondary N) is 2. The van der Waals surface area contributed by atoms with Gasteiger partial charge in [0.1, 0.15) is 17.2 Å². The summed E-state index contributed by atoms with van der Waals surface area (Å²) in [6.07, 6.45) is 5.84. The summed E-state index contributed by atoms with van der Waals surface area (Å²) in [7, 11) is 0. The second-order valence-electron chi connectivity index (χ2n) is 10.9. The number of benzene rings is 1. The molecule has 2 aromatic heterocycles. The van der Waals surface area contributed by atoms with Crippen molar-refractivity contribution >= 4 is 41.1 Å². The Bertz CT molecular complexity index is 1350. The molecule has 0 radical (unpaired) electrons. The molecule has 2 N–H and O–H groups in total. The number of piperidine rings is 2. The van der Waals surface area contributed by atoms with Gasteiger partial charge in [-0.15, -0.1) is 5.06 Å². The molecular weight excluding hydrogens is 536 g/mol. The number of hydrogen-bond acceptors (Lipinski definition) is 10. The van der Waals surface area contributed by atoms with E-state index in [0.29, 0.717) is 42.1 Å². The molecule has 3 aliphatic heterocycles. The van der Waals surface area contributed by atoms with Gasteiger partial charge in [-0.3, -0.25) is 9.48 Å². The molecule has 1 aromatic carbocycles. The van der Waals surface area contributed by atoms with Crippen LogP contribution in [0.15, 0.2) is 48.9 Å². The predicted molar refractivity (Wildman–Crippen MR) is 149 cm³/mol. The van der Waals surface area contributed by atoms with Crippen LogP contribution < -0.4 is 10.6 Å². The van der Waals surface area contributed by atoms with Gasteiger partial charge in [0, 0.05) is 25.3 Å². The molecule has 2 unspecified atom stereocenters. The van der Waals surface area contributed by atoms with Gasteiger partial charge in [0.05, 0.1) is 30.7 Å². The average Bonchev–Trinajstić information content (AvgIpc) is 3.35. The summed E-state index contributed by atoms with van der Waals surface area (Å²) in [5.74, 6) is 0.816. The number of halogens is 1. The Hall–Kier alpha value is -3.90. The molecule has 2 atom stereocenters. The summed E-state index contributed by atoms with van der Waals surface area (Å²) in [6, 6.07) is 9.82. The Kier molecular flexibility index (Phi) is 8.08. The van der Waals surface area contributed by atoms with E-state index < -0.39 is 11.8 Å². The standard InChI is InChI=1S/C27H33ClN8O4/c1-27(2,3)39-26(38)40-36-16-20-9-10-21(36)15-35(20)23(37)17-34-14-19(12-31-34)32-25-30-13-22(28)24(33-25)29-11-18-7-5-4-6-8-18/h4-8,12-14,20-21H,9-11,15-17H2,1-3H3,(H2,29,30,32,33). The Morgan fingerprint density at radius 1 is 1.10 bits per heavy atom. The topological polar surface area (TPSA) is 127 Å². The number of piperazine rings is 1. The minimum Gasteiger partial charge on any atom is -0.427 e. The van der Waals surface area contributed by atoms with Gasteiger partial charge in [0.25, 0.3) is 0 Å². The fraction of sp³-hybridized carbons (Fsp3) is 0.444. The minimum absolute atomic E-state index is 0.0441. The number of carbonyl (C=O) groups is 2. The molecular formula is C27H33ClN8O4. The molecule has 0 aliphatic carbocycles. The van der Waals surface area contributed by atoms with Crippen LogP contribution in [0.4, 0.5) is 22.2 Å². The van der Waals surface area contributed by atoms with E-state index in [1.165, 1.54) is 6.20 Å². The fourth-order valence-corrected chi connectivity index (χ4v) is 4.94. The van der Waals surface area contributed by atoms with E-state index in [4.69, 9.17) is 21.2 Å². The highest BCUT2D eigenvalue weighted by atomic mass is 35.5. The maximum atomic E-state index is 13.2. The number of nitrogens with zero attached hydrogens (tertiary/aromatic N) is 6. The normalized spacial score (nSPS) is 18.9. The van der Waals surface area contributed by atoms with Crippen LogP contribution in [0.5, 0.6) is 0 Å². The van der Waals surface area contributed by atoms with E-state index in [2.05, 4.69) is 25.7 Å². The van der Waals surface area contributed by atoms with Crippen LogP contribution in [0.25, 0.3) is 0 Å². The lowest BCUT2D eigenvalue weighted by molar-refractivity contribution is -0.213. The van der Waals surface area contributed by atoms with Crippen molar-refractivity contribution in [1.29, 1.82) is 0 Å². The Morgan fingerprint density at radius 2 is 1.88 bits per heavy atom. The molecule has 2 bridgehead atoms. The highest BCUT2D eigenvalue weighted by Gasteiger charge is 2.43. The van der Waals surface area contributed by atoms with Crippen LogP contribution in [-0.4, -0.2) is 72.5 Å². The smallest absolute Gasteiger partial charge is 0.427 e. The van der Waals surface area contributed by atoms with Crippen LogP contribution in [0, 0.1) is 0 Å². The van der Waals surface area contributed by atoms with Crippen molar-refractivity contribution in [1.82, 2.24) is 29.7 Å². The van der Waals surface area contributed by atoms with Crippen molar-refractivity contribution in [2.45, 2.75) is 64.4 Å². The van der Waals surface area contributed by atoms with E-state index in [1.807, 2.05) is 35.2 Å². The van der Waals surface area contributed by atoms with Gasteiger partial charge in [0.15, 0.2) is 5.82 Å². The molecule has 0 spiro atoms. The summed E-state index contributed by atoms with van der Waals surface area (Å²) in [4.78, 5) is 41.3. The molecule has 3 aliphatic rings. The first-order chi connectivity index (χ1) is 19.1. The molecule has 212 valence electrons. The lowest BCUT2D eigenvalue weighted by Gasteiger charge is -2.49. The quantitative estimate of drug-likeness (QED) is 0.381. The third kappa shape index (κ3) is 6.99. The fourth-order valence-electron chi connectivity index (χ4n) is 4.78. The molecule has 13 heteroatoms. The monoisotopic (exact) mass is 568 g/mol. The summed E-state index contributed by atoms with van der Waals surface area (Å²) >= 11 is 6.28. The third-order valence-corrected chi connectivity index (χ3v) is 6.89. The summed E-state index contributed by atoms with van der Waals surface area (Å²) < 4.78 is 6.84. The zero-order chi connectivity index (χ0) is 28.3. The van der Waals surface area contributed by atoms with Gasteiger partial charge in [-0.2, -0.15) is 10.1 Å². The van der Waals surface area contributed by atoms with E-state index in [0.717, 1.165) is 18.4 Å². The van der Waals surface area contributed by atoms with Gasteiger partial charge in [-0.25, -0.2) is 9.78 Å². The highest BCUT2D eigenvalue weighted by Crippen LogP contribution is 2.30. The zero-order valence-corrected chi connectivity index (χ0v) is 23.5. The Labute approximate surface area is 237 Å². The average molecular weight is 569 g/mol. The molecule has 3 aromatic rings. The summed E-state index contributed by atoms with van der Waals surface area (Å²) in [5.41, 5.74) is 1.11. The maximum Gasteiger partial charge on any atom is 0.528 e. The van der Waals surface area contributed by atoms with Crippen molar-refractivity contribution in [3.63, 3.8) is 0 Å². The van der Waals surface area contributed by atoms with E-state index in [-0.39, 0.29) is 24.5 Å². The van der Waals surface area contributed by atoms with E-state index >= 15 is 0 Å². The maximum absolute atomic E-state index is 13.2. The number of amides is 1. The largest absolute Gasteiger partial charge is 0.528 e. The van der Waals surface area contributed by atoms with Gasteiger partial charge >= 0.3 is 6.16 Å². The molecule has 5 heterocycles. The number of rotatable bonds is 8. The van der Waals surface area contributed by atoms with Crippen LogP contribution in [-0.2, 0) is 27.5 Å². The van der Waals surface area contributed by atoms with Crippen LogP contribution in [0.2, 0.25) is 5.02 Å². The lowest BCUT2D eigenvalue weighted by atomic mass is 9.92. The van der Waals surface area contributed by atoms with E-state index in [9.17, 15) is 9.59 Å². The Balaban J connectivity index is 1.14. The third-order valence-electron chi connectivity index (χ3n) is 6.61. The number of aromatic nitrogens is 4. The second kappa shape index (κ2) is 11.7. The molecule has 40 heavy (non-hydrogen) atoms. The van der Waals surface area contributed by atoms with Crippen LogP contribution in [0.1, 0.15) is 39.2 Å². The van der Waals surface area contributed by atoms with Gasteiger partial charge in [-0.1, -0.05) is 41.9 Å². The number of anilines is 3. The number of carbonyl (C=O) groups excluding carboxylic acids is 2. The molecule has 3 saturated heterocycles. The van der Waals surface area contributed by atoms with Crippen LogP contribution >= 0.6 is 11.6 Å². The molecule has 12 nitrogen and oxygen atoms in total. The number of ether oxygens (including phenoxy) is 1. The van der Waals surface area contributed by atoms with Crippen molar-refractivity contribution in [2.24, 2.45) is 0 Å². The summed E-state index contributed by atoms with van der Waals surface area (Å²) in [5, 5.41) is 12.7. The number of hydrogen-bond donors (Lipinski definition) is 2. The molecule has 0 saturated carbocycles. The first-order valence-corrected chi connectivity index (χ1v) is 13.6. The first-order valence-electron chi connectivity index (χ1n) is 13.2. The molecule has 3 fully saturated rings. The molecule has 6 rings (SSSR count). The lowest BCUT2D eigenvalue weighted by Crippen LogP contribution is -2.64. The van der Waals surface area contributed by atoms with Crippen molar-refractivity contribution in [3.05, 3.63) is 59.5 Å². The van der Waals surface area contributed by atoms with Crippen LogP contribution in [0.3, 0.4) is 0 Å². The SMILES string of the molecule is CC(C)(C)OC(=O)ON1CC2CCC1CN2C(=O)Cn1cc(Nc2ncc(Cl)c(NCc3ccccc3)n2)cn1. The number of hydroxylamine groups is 2. The second-order valence-corrected chi connectivity index (χ2v) is 11.3. The van der Waals surface area contributed by atoms with E-state index in [1.54, 1.807) is 42.9 Å². The summed E-state index contributed by atoms with van der Waals surface area (Å²) in [6.45, 7) is 6.96. The van der Waals surface area contributed by atoms with Gasteiger partial charge in [-0.05, 0) is 39.2 Å². The zero-order valence-electron chi connectivity index (χ0n) is 22.7. The van der Waals surface area contributed by atoms with Crippen molar-refractivity contribution in [2.75, 3.05) is 23.7 Å². The highest BCUT2D eigenvalue weighted by molar-refractivity contribution is 6.32. The first kappa shape index (κ1) is 27.7. The van der Waals surface area contributed by atoms with Crippen molar-refractivity contribution in [3.8, 4) is 0 Å². The Morgan fingerprint density at radius 3 is 2.60 bits per heavy atom. The predicted octanol–water partition coefficient (Wildman–Crippen LogP) is 4.22. The number of fused-ring (bicyclic) bond motifs is 3. The van der Waals surface area contributed by atoms with Crippen molar-refractivity contribution < 1.29 is 19.2 Å². The molecule has 1 amide bonds. The minimum atomic E-state index is -0.724.